The van der Waals surface area contributed by atoms with Gasteiger partial charge >= 0.3 is 0 Å². The Morgan fingerprint density at radius 3 is 2.30 bits per heavy atom. The van der Waals surface area contributed by atoms with Crippen molar-refractivity contribution in [1.82, 2.24) is 4.90 Å². The molecule has 1 aliphatic heterocycles. The number of methoxy groups -OCH3 is 1. The third kappa shape index (κ3) is 5.54. The van der Waals surface area contributed by atoms with Gasteiger partial charge in [-0.25, -0.2) is 0 Å². The molecule has 0 aliphatic carbocycles. The van der Waals surface area contributed by atoms with Crippen molar-refractivity contribution < 1.29 is 28.9 Å². The predicted octanol–water partition coefficient (Wildman–Crippen LogP) is 4.33. The van der Waals surface area contributed by atoms with E-state index in [-0.39, 0.29) is 36.7 Å². The fourth-order valence-corrected chi connectivity index (χ4v) is 3.77. The summed E-state index contributed by atoms with van der Waals surface area (Å²) in [6, 6.07) is 13.2. The van der Waals surface area contributed by atoms with E-state index in [1.165, 1.54) is 4.90 Å². The standard InChI is InChI=1S/C26H31NO6/c1-16(2)32-14-13-27-23(19-7-6-8-21(15-19)31-5)22(25(29)26(27)30)24(28)18-9-11-20(12-10-18)33-17(3)4/h6-12,15-17,23,28H,13-14H2,1-5H3/b24-22-. The Kier molecular flexibility index (Phi) is 7.76. The summed E-state index contributed by atoms with van der Waals surface area (Å²) in [6.45, 7) is 8.13. The number of carbonyl (C=O) groups is 2. The molecule has 2 aromatic carbocycles. The molecule has 0 bridgehead atoms. The van der Waals surface area contributed by atoms with Gasteiger partial charge < -0.3 is 24.2 Å². The van der Waals surface area contributed by atoms with Crippen LogP contribution in [-0.2, 0) is 14.3 Å². The molecule has 0 radical (unpaired) electrons. The highest BCUT2D eigenvalue weighted by Crippen LogP contribution is 2.40. The number of carbonyl (C=O) groups excluding carboxylic acids is 2. The van der Waals surface area contributed by atoms with Crippen molar-refractivity contribution >= 4 is 17.4 Å². The van der Waals surface area contributed by atoms with E-state index in [1.807, 2.05) is 33.8 Å². The molecule has 2 aromatic rings. The van der Waals surface area contributed by atoms with Crippen LogP contribution >= 0.6 is 0 Å². The van der Waals surface area contributed by atoms with E-state index in [0.29, 0.717) is 22.6 Å². The van der Waals surface area contributed by atoms with Gasteiger partial charge in [0.1, 0.15) is 17.3 Å². The number of Topliss-reactive ketones (excluding diaryl/α,β-unsaturated/α-hetero) is 1. The summed E-state index contributed by atoms with van der Waals surface area (Å²) in [5, 5.41) is 11.1. The molecule has 7 heteroatoms. The molecule has 1 unspecified atom stereocenters. The summed E-state index contributed by atoms with van der Waals surface area (Å²) in [5.74, 6) is -0.391. The molecule has 1 fully saturated rings. The lowest BCUT2D eigenvalue weighted by atomic mass is 9.95. The lowest BCUT2D eigenvalue weighted by Gasteiger charge is -2.26. The van der Waals surface area contributed by atoms with E-state index in [9.17, 15) is 14.7 Å². The maximum atomic E-state index is 13.1. The van der Waals surface area contributed by atoms with Gasteiger partial charge in [-0.05, 0) is 69.7 Å². The Morgan fingerprint density at radius 1 is 1.00 bits per heavy atom. The maximum Gasteiger partial charge on any atom is 0.295 e. The normalized spacial score (nSPS) is 17.8. The fraction of sp³-hybridized carbons (Fsp3) is 0.385. The number of aliphatic hydroxyl groups is 1. The van der Waals surface area contributed by atoms with Crippen molar-refractivity contribution in [3.05, 3.63) is 65.2 Å². The number of ether oxygens (including phenoxy) is 3. The van der Waals surface area contributed by atoms with Crippen molar-refractivity contribution in [2.75, 3.05) is 20.3 Å². The minimum absolute atomic E-state index is 0.0101. The molecule has 1 aliphatic rings. The zero-order valence-corrected chi connectivity index (χ0v) is 19.7. The first-order valence-electron chi connectivity index (χ1n) is 11.0. The smallest absolute Gasteiger partial charge is 0.295 e. The SMILES string of the molecule is COc1cccc(C2/C(=C(/O)c3ccc(OC(C)C)cc3)C(=O)C(=O)N2CCOC(C)C)c1. The van der Waals surface area contributed by atoms with E-state index >= 15 is 0 Å². The molecule has 1 heterocycles. The number of hydrogen-bond donors (Lipinski definition) is 1. The zero-order chi connectivity index (χ0) is 24.1. The van der Waals surface area contributed by atoms with E-state index in [0.717, 1.165) is 0 Å². The fourth-order valence-electron chi connectivity index (χ4n) is 3.77. The first-order valence-corrected chi connectivity index (χ1v) is 11.0. The molecule has 33 heavy (non-hydrogen) atoms. The van der Waals surface area contributed by atoms with Gasteiger partial charge in [0.25, 0.3) is 11.7 Å². The van der Waals surface area contributed by atoms with E-state index in [1.54, 1.807) is 49.6 Å². The summed E-state index contributed by atoms with van der Waals surface area (Å²) < 4.78 is 16.6. The van der Waals surface area contributed by atoms with Crippen molar-refractivity contribution in [3.63, 3.8) is 0 Å². The Bertz CT molecular complexity index is 1030. The molecule has 1 N–H and O–H groups in total. The molecule has 1 saturated heterocycles. The molecule has 7 nitrogen and oxygen atoms in total. The highest BCUT2D eigenvalue weighted by atomic mass is 16.5. The minimum atomic E-state index is -0.762. The van der Waals surface area contributed by atoms with Gasteiger partial charge in [-0.1, -0.05) is 12.1 Å². The van der Waals surface area contributed by atoms with Crippen LogP contribution in [0.5, 0.6) is 11.5 Å². The molecule has 1 atom stereocenters. The van der Waals surface area contributed by atoms with Crippen LogP contribution in [0, 0.1) is 0 Å². The van der Waals surface area contributed by atoms with Crippen molar-refractivity contribution in [2.45, 2.75) is 45.9 Å². The highest BCUT2D eigenvalue weighted by molar-refractivity contribution is 6.46. The summed E-state index contributed by atoms with van der Waals surface area (Å²) in [6.07, 6.45) is -0.000413. The van der Waals surface area contributed by atoms with Crippen LogP contribution in [0.4, 0.5) is 0 Å². The number of nitrogens with zero attached hydrogens (tertiary/aromatic N) is 1. The van der Waals surface area contributed by atoms with Crippen molar-refractivity contribution in [3.8, 4) is 11.5 Å². The second kappa shape index (κ2) is 10.5. The maximum absolute atomic E-state index is 13.1. The van der Waals surface area contributed by atoms with Gasteiger partial charge in [0.2, 0.25) is 0 Å². The van der Waals surface area contributed by atoms with Crippen LogP contribution in [0.15, 0.2) is 54.1 Å². The van der Waals surface area contributed by atoms with Crippen LogP contribution in [0.1, 0.15) is 44.9 Å². The third-order valence-corrected chi connectivity index (χ3v) is 5.23. The number of likely N-dealkylation sites (tertiary alicyclic amines) is 1. The van der Waals surface area contributed by atoms with Crippen molar-refractivity contribution in [2.24, 2.45) is 0 Å². The van der Waals surface area contributed by atoms with E-state index < -0.39 is 17.7 Å². The first-order chi connectivity index (χ1) is 15.7. The second-order valence-corrected chi connectivity index (χ2v) is 8.38. The largest absolute Gasteiger partial charge is 0.507 e. The van der Waals surface area contributed by atoms with Gasteiger partial charge in [-0.3, -0.25) is 9.59 Å². The molecule has 3 rings (SSSR count). The topological polar surface area (TPSA) is 85.3 Å². The van der Waals surface area contributed by atoms with Gasteiger partial charge in [-0.15, -0.1) is 0 Å². The average Bonchev–Trinajstić information content (AvgIpc) is 3.03. The van der Waals surface area contributed by atoms with Gasteiger partial charge in [0.05, 0.1) is 37.5 Å². The quantitative estimate of drug-likeness (QED) is 0.346. The van der Waals surface area contributed by atoms with Crippen LogP contribution in [0.3, 0.4) is 0 Å². The predicted molar refractivity (Wildman–Crippen MR) is 125 cm³/mol. The zero-order valence-electron chi connectivity index (χ0n) is 19.7. The van der Waals surface area contributed by atoms with E-state index in [2.05, 4.69) is 0 Å². The lowest BCUT2D eigenvalue weighted by Crippen LogP contribution is -2.33. The molecule has 1 amide bonds. The summed E-state index contributed by atoms with van der Waals surface area (Å²) in [7, 11) is 1.55. The molecular formula is C26H31NO6. The van der Waals surface area contributed by atoms with Gasteiger partial charge in [0, 0.05) is 12.1 Å². The molecular weight excluding hydrogens is 422 g/mol. The monoisotopic (exact) mass is 453 g/mol. The number of aliphatic hydroxyl groups excluding tert-OH is 1. The number of ketones is 1. The Balaban J connectivity index is 2.05. The summed E-state index contributed by atoms with van der Waals surface area (Å²) >= 11 is 0. The number of hydrogen-bond acceptors (Lipinski definition) is 6. The Hall–Kier alpha value is -3.32. The van der Waals surface area contributed by atoms with Crippen LogP contribution < -0.4 is 9.47 Å². The lowest BCUT2D eigenvalue weighted by molar-refractivity contribution is -0.140. The van der Waals surface area contributed by atoms with Crippen LogP contribution in [-0.4, -0.2) is 54.2 Å². The number of rotatable bonds is 9. The third-order valence-electron chi connectivity index (χ3n) is 5.23. The van der Waals surface area contributed by atoms with Gasteiger partial charge in [0.15, 0.2) is 0 Å². The minimum Gasteiger partial charge on any atom is -0.507 e. The number of amides is 1. The Morgan fingerprint density at radius 2 is 1.70 bits per heavy atom. The molecule has 176 valence electrons. The molecule has 0 spiro atoms. The van der Waals surface area contributed by atoms with E-state index in [4.69, 9.17) is 14.2 Å². The summed E-state index contributed by atoms with van der Waals surface area (Å²) in [4.78, 5) is 27.5. The Labute approximate surface area is 194 Å². The van der Waals surface area contributed by atoms with Gasteiger partial charge in [-0.2, -0.15) is 0 Å². The van der Waals surface area contributed by atoms with Crippen LogP contribution in [0.25, 0.3) is 5.76 Å². The highest BCUT2D eigenvalue weighted by Gasteiger charge is 2.46. The summed E-state index contributed by atoms with van der Waals surface area (Å²) in [5.41, 5.74) is 1.13. The number of benzene rings is 2. The average molecular weight is 454 g/mol. The molecule has 0 aromatic heterocycles. The first kappa shape index (κ1) is 24.3. The van der Waals surface area contributed by atoms with Crippen molar-refractivity contribution in [1.29, 1.82) is 0 Å². The molecule has 0 saturated carbocycles. The van der Waals surface area contributed by atoms with Crippen LogP contribution in [0.2, 0.25) is 0 Å². The second-order valence-electron chi connectivity index (χ2n) is 8.38.